The van der Waals surface area contributed by atoms with Gasteiger partial charge in [-0.15, -0.1) is 0 Å². The Morgan fingerprint density at radius 3 is 1.78 bits per heavy atom. The minimum absolute atomic E-state index is 0.178. The highest BCUT2D eigenvalue weighted by Gasteiger charge is 2.27. The van der Waals surface area contributed by atoms with E-state index in [-0.39, 0.29) is 6.04 Å². The molecule has 5 nitrogen and oxygen atoms in total. The van der Waals surface area contributed by atoms with Crippen molar-refractivity contribution in [2.45, 2.75) is 6.04 Å². The van der Waals surface area contributed by atoms with Crippen molar-refractivity contribution in [2.75, 3.05) is 26.2 Å². The predicted octanol–water partition coefficient (Wildman–Crippen LogP) is 2.49. The van der Waals surface area contributed by atoms with Gasteiger partial charge < -0.3 is 4.90 Å². The molecule has 1 fully saturated rings. The lowest BCUT2D eigenvalue weighted by atomic mass is 9.96. The lowest BCUT2D eigenvalue weighted by molar-refractivity contribution is 0.0914. The van der Waals surface area contributed by atoms with Crippen LogP contribution in [0.5, 0.6) is 0 Å². The first-order valence-electron chi connectivity index (χ1n) is 7.82. The molecule has 0 bridgehead atoms. The summed E-state index contributed by atoms with van der Waals surface area (Å²) in [5.41, 5.74) is 4.21. The first-order valence-corrected chi connectivity index (χ1v) is 7.82. The van der Waals surface area contributed by atoms with Gasteiger partial charge in [0, 0.05) is 26.2 Å². The van der Waals surface area contributed by atoms with E-state index < -0.39 is 6.03 Å². The number of carbonyl (C=O) groups excluding carboxylic acids is 1. The highest BCUT2D eigenvalue weighted by Crippen LogP contribution is 2.29. The second-order valence-electron chi connectivity index (χ2n) is 5.66. The molecule has 0 saturated carbocycles. The van der Waals surface area contributed by atoms with E-state index in [0.29, 0.717) is 13.1 Å². The normalized spacial score (nSPS) is 15.7. The molecule has 0 unspecified atom stereocenters. The highest BCUT2D eigenvalue weighted by molar-refractivity contribution is 5.72. The predicted molar refractivity (Wildman–Crippen MR) is 88.2 cm³/mol. The standard InChI is InChI=1S/C18H21N3O2/c22-18(19-23)21-13-11-20(12-14-21)17(15-7-3-1-4-8-15)16-9-5-2-6-10-16/h1-10,17,23H,11-14H2,(H,19,22). The van der Waals surface area contributed by atoms with Gasteiger partial charge in [-0.1, -0.05) is 60.7 Å². The summed E-state index contributed by atoms with van der Waals surface area (Å²) >= 11 is 0. The Morgan fingerprint density at radius 1 is 0.870 bits per heavy atom. The molecule has 23 heavy (non-hydrogen) atoms. The summed E-state index contributed by atoms with van der Waals surface area (Å²) in [6.07, 6.45) is 0. The van der Waals surface area contributed by atoms with Gasteiger partial charge in [0.1, 0.15) is 0 Å². The van der Waals surface area contributed by atoms with Gasteiger partial charge in [-0.05, 0) is 11.1 Å². The number of piperazine rings is 1. The summed E-state index contributed by atoms with van der Waals surface area (Å²) in [6.45, 7) is 2.73. The molecule has 2 N–H and O–H groups in total. The van der Waals surface area contributed by atoms with Crippen molar-refractivity contribution >= 4 is 6.03 Å². The van der Waals surface area contributed by atoms with Crippen molar-refractivity contribution in [1.82, 2.24) is 15.3 Å². The minimum Gasteiger partial charge on any atom is -0.320 e. The minimum atomic E-state index is -0.430. The Balaban J connectivity index is 1.82. The maximum absolute atomic E-state index is 11.5. The van der Waals surface area contributed by atoms with Crippen LogP contribution in [0.25, 0.3) is 0 Å². The second-order valence-corrected chi connectivity index (χ2v) is 5.66. The average Bonchev–Trinajstić information content (AvgIpc) is 2.64. The molecule has 3 rings (SSSR count). The van der Waals surface area contributed by atoms with Crippen LogP contribution in [-0.4, -0.2) is 47.2 Å². The number of rotatable bonds is 3. The molecular weight excluding hydrogens is 290 g/mol. The molecule has 0 aliphatic carbocycles. The molecule has 2 amide bonds. The summed E-state index contributed by atoms with van der Waals surface area (Å²) in [6, 6.07) is 20.6. The van der Waals surface area contributed by atoms with Gasteiger partial charge >= 0.3 is 6.03 Å². The Labute approximate surface area is 136 Å². The number of benzene rings is 2. The molecule has 1 saturated heterocycles. The SMILES string of the molecule is O=C(NO)N1CCN(C(c2ccccc2)c2ccccc2)CC1. The van der Waals surface area contributed by atoms with E-state index in [4.69, 9.17) is 5.21 Å². The Bertz CT molecular complexity index is 586. The molecule has 0 atom stereocenters. The Hall–Kier alpha value is -2.37. The lowest BCUT2D eigenvalue weighted by Gasteiger charge is -2.39. The van der Waals surface area contributed by atoms with Crippen LogP contribution in [0.3, 0.4) is 0 Å². The van der Waals surface area contributed by atoms with Gasteiger partial charge in [0.05, 0.1) is 6.04 Å². The summed E-state index contributed by atoms with van der Waals surface area (Å²) < 4.78 is 0. The van der Waals surface area contributed by atoms with Crippen molar-refractivity contribution in [3.8, 4) is 0 Å². The molecule has 1 aliphatic heterocycles. The summed E-state index contributed by atoms with van der Waals surface area (Å²) in [5, 5.41) is 8.76. The van der Waals surface area contributed by atoms with Crippen LogP contribution in [0.1, 0.15) is 17.2 Å². The second kappa shape index (κ2) is 7.26. The number of hydrogen-bond acceptors (Lipinski definition) is 3. The smallest absolute Gasteiger partial charge is 0.320 e. The molecule has 0 spiro atoms. The van der Waals surface area contributed by atoms with Gasteiger partial charge in [0.2, 0.25) is 0 Å². The fraction of sp³-hybridized carbons (Fsp3) is 0.278. The maximum atomic E-state index is 11.5. The van der Waals surface area contributed by atoms with Crippen LogP contribution >= 0.6 is 0 Å². The van der Waals surface area contributed by atoms with Crippen molar-refractivity contribution in [3.63, 3.8) is 0 Å². The maximum Gasteiger partial charge on any atom is 0.341 e. The summed E-state index contributed by atoms with van der Waals surface area (Å²) in [5.74, 6) is 0. The van der Waals surface area contributed by atoms with Crippen LogP contribution < -0.4 is 5.48 Å². The number of urea groups is 1. The fourth-order valence-electron chi connectivity index (χ4n) is 3.14. The number of hydroxylamine groups is 1. The van der Waals surface area contributed by atoms with E-state index in [9.17, 15) is 4.79 Å². The molecule has 1 heterocycles. The molecule has 0 radical (unpaired) electrons. The third kappa shape index (κ3) is 3.52. The van der Waals surface area contributed by atoms with Gasteiger partial charge in [0.25, 0.3) is 0 Å². The van der Waals surface area contributed by atoms with Crippen LogP contribution in [-0.2, 0) is 0 Å². The molecule has 2 aromatic rings. The number of nitrogens with one attached hydrogen (secondary N) is 1. The van der Waals surface area contributed by atoms with Crippen molar-refractivity contribution in [3.05, 3.63) is 71.8 Å². The Morgan fingerprint density at radius 2 is 1.35 bits per heavy atom. The van der Waals surface area contributed by atoms with Crippen molar-refractivity contribution in [2.24, 2.45) is 0 Å². The third-order valence-electron chi connectivity index (χ3n) is 4.29. The van der Waals surface area contributed by atoms with E-state index in [1.54, 1.807) is 10.4 Å². The quantitative estimate of drug-likeness (QED) is 0.676. The zero-order valence-corrected chi connectivity index (χ0v) is 12.9. The molecule has 2 aromatic carbocycles. The van der Waals surface area contributed by atoms with Gasteiger partial charge in [-0.25, -0.2) is 10.3 Å². The van der Waals surface area contributed by atoms with Gasteiger partial charge in [-0.3, -0.25) is 10.1 Å². The molecular formula is C18H21N3O2. The Kier molecular flexibility index (Phi) is 4.90. The van der Waals surface area contributed by atoms with Gasteiger partial charge in [0.15, 0.2) is 0 Å². The van der Waals surface area contributed by atoms with Crippen LogP contribution in [0.15, 0.2) is 60.7 Å². The number of carbonyl (C=O) groups is 1. The largest absolute Gasteiger partial charge is 0.341 e. The van der Waals surface area contributed by atoms with E-state index in [2.05, 4.69) is 53.4 Å². The number of nitrogens with zero attached hydrogens (tertiary/aromatic N) is 2. The monoisotopic (exact) mass is 311 g/mol. The van der Waals surface area contributed by atoms with Crippen LogP contribution in [0, 0.1) is 0 Å². The van der Waals surface area contributed by atoms with E-state index in [0.717, 1.165) is 13.1 Å². The zero-order chi connectivity index (χ0) is 16.1. The van der Waals surface area contributed by atoms with E-state index in [1.807, 2.05) is 12.1 Å². The fourth-order valence-corrected chi connectivity index (χ4v) is 3.14. The molecule has 120 valence electrons. The van der Waals surface area contributed by atoms with Crippen LogP contribution in [0.4, 0.5) is 4.79 Å². The first-order chi connectivity index (χ1) is 11.3. The lowest BCUT2D eigenvalue weighted by Crippen LogP contribution is -2.52. The number of amides is 2. The number of hydrogen-bond donors (Lipinski definition) is 2. The first kappa shape index (κ1) is 15.5. The highest BCUT2D eigenvalue weighted by atomic mass is 16.5. The average molecular weight is 311 g/mol. The van der Waals surface area contributed by atoms with E-state index in [1.165, 1.54) is 11.1 Å². The molecule has 0 aromatic heterocycles. The molecule has 1 aliphatic rings. The van der Waals surface area contributed by atoms with Crippen LogP contribution in [0.2, 0.25) is 0 Å². The van der Waals surface area contributed by atoms with Crippen molar-refractivity contribution < 1.29 is 10.0 Å². The zero-order valence-electron chi connectivity index (χ0n) is 12.9. The summed E-state index contributed by atoms with van der Waals surface area (Å²) in [7, 11) is 0. The third-order valence-corrected chi connectivity index (χ3v) is 4.29. The molecule has 5 heteroatoms. The topological polar surface area (TPSA) is 55.8 Å². The summed E-state index contributed by atoms with van der Waals surface area (Å²) in [4.78, 5) is 15.5. The van der Waals surface area contributed by atoms with Crippen molar-refractivity contribution in [1.29, 1.82) is 0 Å². The van der Waals surface area contributed by atoms with E-state index >= 15 is 0 Å². The van der Waals surface area contributed by atoms with Gasteiger partial charge in [-0.2, -0.15) is 0 Å².